The number of aliphatic hydroxyl groups excluding tert-OH is 1. The van der Waals surface area contributed by atoms with Crippen molar-refractivity contribution in [2.24, 2.45) is 0 Å². The molecule has 0 spiro atoms. The maximum Gasteiger partial charge on any atom is 0.416 e. The number of aliphatic hydroxyl groups is 1. The second kappa shape index (κ2) is 5.08. The van der Waals surface area contributed by atoms with Crippen LogP contribution in [0.4, 0.5) is 26.3 Å². The zero-order valence-electron chi connectivity index (χ0n) is 8.61. The number of hydrogen-bond donors (Lipinski definition) is 1. The molecule has 1 rings (SSSR count). The number of benzene rings is 1. The second-order valence-corrected chi connectivity index (χ2v) is 4.16. The maximum absolute atomic E-state index is 12.4. The third-order valence-corrected chi connectivity index (χ3v) is 2.75. The molecule has 1 N–H and O–H groups in total. The van der Waals surface area contributed by atoms with Gasteiger partial charge in [-0.05, 0) is 23.8 Å². The van der Waals surface area contributed by atoms with Crippen molar-refractivity contribution in [2.45, 2.75) is 18.5 Å². The first-order valence-corrected chi connectivity index (χ1v) is 5.71. The van der Waals surface area contributed by atoms with Gasteiger partial charge in [0, 0.05) is 5.33 Å². The molecule has 1 nitrogen and oxygen atoms in total. The average molecular weight is 337 g/mol. The van der Waals surface area contributed by atoms with Crippen molar-refractivity contribution < 1.29 is 31.4 Å². The van der Waals surface area contributed by atoms with Crippen molar-refractivity contribution in [3.8, 4) is 0 Å². The van der Waals surface area contributed by atoms with Crippen LogP contribution in [0, 0.1) is 0 Å². The average Bonchev–Trinajstić information content (AvgIpc) is 2.25. The number of hydrogen-bond acceptors (Lipinski definition) is 1. The van der Waals surface area contributed by atoms with Gasteiger partial charge in [0.1, 0.15) is 0 Å². The van der Waals surface area contributed by atoms with Gasteiger partial charge in [-0.15, -0.1) is 0 Å². The molecular weight excluding hydrogens is 330 g/mol. The van der Waals surface area contributed by atoms with E-state index in [9.17, 15) is 31.4 Å². The molecule has 0 radical (unpaired) electrons. The fraction of sp³-hybridized carbons (Fsp3) is 0.400. The monoisotopic (exact) mass is 336 g/mol. The van der Waals surface area contributed by atoms with E-state index in [4.69, 9.17) is 0 Å². The molecule has 102 valence electrons. The lowest BCUT2D eigenvalue weighted by Gasteiger charge is -2.16. The molecule has 0 bridgehead atoms. The van der Waals surface area contributed by atoms with Gasteiger partial charge in [-0.3, -0.25) is 0 Å². The van der Waals surface area contributed by atoms with Crippen LogP contribution in [-0.2, 0) is 12.4 Å². The first kappa shape index (κ1) is 15.3. The first-order chi connectivity index (χ1) is 8.05. The molecule has 0 aliphatic rings. The molecular formula is C10H7BrF6O. The van der Waals surface area contributed by atoms with Gasteiger partial charge in [0.15, 0.2) is 0 Å². The van der Waals surface area contributed by atoms with Crippen molar-refractivity contribution in [3.63, 3.8) is 0 Å². The summed E-state index contributed by atoms with van der Waals surface area (Å²) >= 11 is 2.79. The van der Waals surface area contributed by atoms with Crippen molar-refractivity contribution >= 4 is 15.9 Å². The molecule has 0 heterocycles. The molecule has 0 aliphatic carbocycles. The molecule has 18 heavy (non-hydrogen) atoms. The first-order valence-electron chi connectivity index (χ1n) is 4.59. The molecule has 0 saturated carbocycles. The Morgan fingerprint density at radius 3 is 1.61 bits per heavy atom. The van der Waals surface area contributed by atoms with E-state index in [2.05, 4.69) is 15.9 Å². The quantitative estimate of drug-likeness (QED) is 0.635. The van der Waals surface area contributed by atoms with Gasteiger partial charge in [0.25, 0.3) is 0 Å². The van der Waals surface area contributed by atoms with Crippen LogP contribution in [0.2, 0.25) is 0 Å². The minimum absolute atomic E-state index is 0.0183. The standard InChI is InChI=1S/C10H7BrF6O/c11-4-8(18)5-1-6(9(12,13)14)3-7(2-5)10(15,16)17/h1-3,8,18H,4H2. The summed E-state index contributed by atoms with van der Waals surface area (Å²) < 4.78 is 74.7. The number of rotatable bonds is 2. The lowest BCUT2D eigenvalue weighted by atomic mass is 10.0. The van der Waals surface area contributed by atoms with E-state index in [-0.39, 0.29) is 11.4 Å². The van der Waals surface area contributed by atoms with Gasteiger partial charge in [-0.2, -0.15) is 26.3 Å². The molecule has 1 aromatic rings. The molecule has 0 amide bonds. The normalized spacial score (nSPS) is 14.7. The summed E-state index contributed by atoms with van der Waals surface area (Å²) in [7, 11) is 0. The van der Waals surface area contributed by atoms with Crippen LogP contribution in [-0.4, -0.2) is 10.4 Å². The summed E-state index contributed by atoms with van der Waals surface area (Å²) in [6.45, 7) is 0. The van der Waals surface area contributed by atoms with Gasteiger partial charge < -0.3 is 5.11 Å². The van der Waals surface area contributed by atoms with Crippen molar-refractivity contribution in [1.82, 2.24) is 0 Å². The number of halogens is 7. The van der Waals surface area contributed by atoms with Gasteiger partial charge >= 0.3 is 12.4 Å². The highest BCUT2D eigenvalue weighted by atomic mass is 79.9. The van der Waals surface area contributed by atoms with Crippen molar-refractivity contribution in [2.75, 3.05) is 5.33 Å². The van der Waals surface area contributed by atoms with E-state index in [0.717, 1.165) is 0 Å². The Bertz CT molecular complexity index is 393. The van der Waals surface area contributed by atoms with Crippen LogP contribution in [0.25, 0.3) is 0 Å². The number of alkyl halides is 7. The zero-order chi connectivity index (χ0) is 14.1. The molecule has 1 unspecified atom stereocenters. The fourth-order valence-corrected chi connectivity index (χ4v) is 1.63. The van der Waals surface area contributed by atoms with Crippen LogP contribution < -0.4 is 0 Å². The van der Waals surface area contributed by atoms with Gasteiger partial charge in [-0.1, -0.05) is 15.9 Å². The lowest BCUT2D eigenvalue weighted by Crippen LogP contribution is -2.13. The summed E-state index contributed by atoms with van der Waals surface area (Å²) in [5, 5.41) is 9.17. The van der Waals surface area contributed by atoms with Crippen LogP contribution in [0.3, 0.4) is 0 Å². The largest absolute Gasteiger partial charge is 0.416 e. The van der Waals surface area contributed by atoms with E-state index in [1.54, 1.807) is 0 Å². The van der Waals surface area contributed by atoms with Crippen LogP contribution in [0.15, 0.2) is 18.2 Å². The second-order valence-electron chi connectivity index (χ2n) is 3.51. The highest BCUT2D eigenvalue weighted by Gasteiger charge is 2.37. The molecule has 0 aromatic heterocycles. The molecule has 1 atom stereocenters. The Labute approximate surface area is 107 Å². The van der Waals surface area contributed by atoms with Crippen LogP contribution in [0.5, 0.6) is 0 Å². The summed E-state index contributed by atoms with van der Waals surface area (Å²) in [4.78, 5) is 0. The van der Waals surface area contributed by atoms with Gasteiger partial charge in [0.2, 0.25) is 0 Å². The lowest BCUT2D eigenvalue weighted by molar-refractivity contribution is -0.143. The predicted octanol–water partition coefficient (Wildman–Crippen LogP) is 4.15. The topological polar surface area (TPSA) is 20.2 Å². The molecule has 0 saturated heterocycles. The summed E-state index contributed by atoms with van der Waals surface area (Å²) in [6, 6.07) is 1.02. The third kappa shape index (κ3) is 3.61. The summed E-state index contributed by atoms with van der Waals surface area (Å²) in [5.41, 5.74) is -3.31. The van der Waals surface area contributed by atoms with Crippen LogP contribution >= 0.6 is 15.9 Å². The maximum atomic E-state index is 12.4. The Morgan fingerprint density at radius 1 is 0.944 bits per heavy atom. The minimum atomic E-state index is -4.90. The minimum Gasteiger partial charge on any atom is -0.388 e. The van der Waals surface area contributed by atoms with E-state index < -0.39 is 35.1 Å². The highest BCUT2D eigenvalue weighted by Crippen LogP contribution is 2.37. The van der Waals surface area contributed by atoms with E-state index in [0.29, 0.717) is 12.1 Å². The molecule has 0 aliphatic heterocycles. The van der Waals surface area contributed by atoms with Gasteiger partial charge in [0.05, 0.1) is 17.2 Å². The van der Waals surface area contributed by atoms with Gasteiger partial charge in [-0.25, -0.2) is 0 Å². The Kier molecular flexibility index (Phi) is 4.32. The highest BCUT2D eigenvalue weighted by molar-refractivity contribution is 9.09. The summed E-state index contributed by atoms with van der Waals surface area (Å²) in [5.74, 6) is 0. The predicted molar refractivity (Wildman–Crippen MR) is 55.2 cm³/mol. The Morgan fingerprint density at radius 2 is 1.33 bits per heavy atom. The fourth-order valence-electron chi connectivity index (χ4n) is 1.26. The van der Waals surface area contributed by atoms with E-state index in [1.165, 1.54) is 0 Å². The smallest absolute Gasteiger partial charge is 0.388 e. The van der Waals surface area contributed by atoms with E-state index in [1.807, 2.05) is 0 Å². The molecule has 0 fully saturated rings. The van der Waals surface area contributed by atoms with Crippen molar-refractivity contribution in [1.29, 1.82) is 0 Å². The summed E-state index contributed by atoms with van der Waals surface area (Å²) in [6.07, 6.45) is -11.2. The zero-order valence-corrected chi connectivity index (χ0v) is 10.2. The van der Waals surface area contributed by atoms with Crippen LogP contribution in [0.1, 0.15) is 22.8 Å². The molecule has 1 aromatic carbocycles. The van der Waals surface area contributed by atoms with Crippen molar-refractivity contribution in [3.05, 3.63) is 34.9 Å². The SMILES string of the molecule is OC(CBr)c1cc(C(F)(F)F)cc(C(F)(F)F)c1. The van der Waals surface area contributed by atoms with E-state index >= 15 is 0 Å². The third-order valence-electron chi connectivity index (χ3n) is 2.14. The molecule has 8 heteroatoms. The Balaban J connectivity index is 3.39. The Hall–Kier alpha value is -0.760.